The van der Waals surface area contributed by atoms with E-state index in [2.05, 4.69) is 38.3 Å². The highest BCUT2D eigenvalue weighted by molar-refractivity contribution is 5.77. The number of nitrogens with one attached hydrogen (secondary N) is 2. The van der Waals surface area contributed by atoms with Gasteiger partial charge in [0.1, 0.15) is 0 Å². The molecule has 0 spiro atoms. The van der Waals surface area contributed by atoms with Crippen molar-refractivity contribution in [1.29, 1.82) is 0 Å². The van der Waals surface area contributed by atoms with Crippen LogP contribution in [-0.4, -0.2) is 39.3 Å². The van der Waals surface area contributed by atoms with E-state index in [1.807, 2.05) is 0 Å². The van der Waals surface area contributed by atoms with Crippen molar-refractivity contribution in [3.63, 3.8) is 0 Å². The quantitative estimate of drug-likeness (QED) is 0.612. The zero-order valence-electron chi connectivity index (χ0n) is 11.2. The number of carbonyl (C=O) groups is 1. The second kappa shape index (κ2) is 7.63. The van der Waals surface area contributed by atoms with Crippen LogP contribution in [0.5, 0.6) is 0 Å². The third-order valence-corrected chi connectivity index (χ3v) is 3.07. The lowest BCUT2D eigenvalue weighted by Crippen LogP contribution is -2.41. The highest BCUT2D eigenvalue weighted by Gasteiger charge is 2.22. The van der Waals surface area contributed by atoms with Crippen molar-refractivity contribution in [2.24, 2.45) is 11.3 Å². The number of carbonyl (C=O) groups excluding carboxylic acids is 1. The molecule has 0 rings (SSSR count). The molecule has 0 aliphatic heterocycles. The van der Waals surface area contributed by atoms with Crippen LogP contribution < -0.4 is 10.6 Å². The lowest BCUT2D eigenvalue weighted by atomic mass is 9.81. The van der Waals surface area contributed by atoms with Crippen LogP contribution in [0.1, 0.15) is 27.7 Å². The number of amides is 1. The van der Waals surface area contributed by atoms with Crippen LogP contribution in [0.4, 0.5) is 0 Å². The SMILES string of the molecule is COCCNCC(=O)NCC(C)(C)C(C)C. The standard InChI is InChI=1S/C12H26N2O2/c1-10(2)12(3,4)9-14-11(15)8-13-6-7-16-5/h10,13H,6-9H2,1-5H3,(H,14,15). The molecule has 0 atom stereocenters. The average molecular weight is 230 g/mol. The van der Waals surface area contributed by atoms with E-state index in [1.54, 1.807) is 7.11 Å². The molecule has 0 saturated heterocycles. The van der Waals surface area contributed by atoms with Gasteiger partial charge in [-0.05, 0) is 11.3 Å². The van der Waals surface area contributed by atoms with Gasteiger partial charge in [-0.2, -0.15) is 0 Å². The molecule has 0 aliphatic carbocycles. The van der Waals surface area contributed by atoms with Crippen molar-refractivity contribution in [1.82, 2.24) is 10.6 Å². The van der Waals surface area contributed by atoms with E-state index in [-0.39, 0.29) is 11.3 Å². The van der Waals surface area contributed by atoms with E-state index in [9.17, 15) is 4.79 Å². The van der Waals surface area contributed by atoms with Crippen LogP contribution in [0.15, 0.2) is 0 Å². The van der Waals surface area contributed by atoms with Gasteiger partial charge in [0.2, 0.25) is 5.91 Å². The van der Waals surface area contributed by atoms with E-state index < -0.39 is 0 Å². The fourth-order valence-electron chi connectivity index (χ4n) is 0.969. The normalized spacial score (nSPS) is 11.9. The summed E-state index contributed by atoms with van der Waals surface area (Å²) in [5.74, 6) is 0.596. The maximum Gasteiger partial charge on any atom is 0.233 e. The number of ether oxygens (including phenoxy) is 1. The van der Waals surface area contributed by atoms with Gasteiger partial charge in [0, 0.05) is 20.2 Å². The lowest BCUT2D eigenvalue weighted by Gasteiger charge is -2.29. The highest BCUT2D eigenvalue weighted by atomic mass is 16.5. The first-order valence-corrected chi connectivity index (χ1v) is 5.86. The summed E-state index contributed by atoms with van der Waals surface area (Å²) in [7, 11) is 1.65. The lowest BCUT2D eigenvalue weighted by molar-refractivity contribution is -0.120. The monoisotopic (exact) mass is 230 g/mol. The zero-order valence-corrected chi connectivity index (χ0v) is 11.2. The second-order valence-corrected chi connectivity index (χ2v) is 5.09. The third-order valence-electron chi connectivity index (χ3n) is 3.07. The Morgan fingerprint density at radius 3 is 2.50 bits per heavy atom. The van der Waals surface area contributed by atoms with Crippen LogP contribution in [0, 0.1) is 11.3 Å². The minimum Gasteiger partial charge on any atom is -0.383 e. The Morgan fingerprint density at radius 1 is 1.38 bits per heavy atom. The van der Waals surface area contributed by atoms with Gasteiger partial charge in [-0.25, -0.2) is 0 Å². The van der Waals surface area contributed by atoms with Crippen LogP contribution in [-0.2, 0) is 9.53 Å². The molecule has 0 bridgehead atoms. The number of hydrogen-bond acceptors (Lipinski definition) is 3. The number of rotatable bonds is 8. The first-order chi connectivity index (χ1) is 7.40. The molecule has 0 radical (unpaired) electrons. The minimum atomic E-state index is 0.0461. The molecule has 0 aromatic rings. The van der Waals surface area contributed by atoms with Crippen LogP contribution in [0.25, 0.3) is 0 Å². The second-order valence-electron chi connectivity index (χ2n) is 5.09. The van der Waals surface area contributed by atoms with E-state index in [4.69, 9.17) is 4.74 Å². The van der Waals surface area contributed by atoms with Gasteiger partial charge in [-0.3, -0.25) is 4.79 Å². The van der Waals surface area contributed by atoms with Gasteiger partial charge in [0.25, 0.3) is 0 Å². The minimum absolute atomic E-state index is 0.0461. The summed E-state index contributed by atoms with van der Waals surface area (Å²) in [6.45, 7) is 11.1. The Labute approximate surface area is 99.1 Å². The van der Waals surface area contributed by atoms with Crippen molar-refractivity contribution in [2.45, 2.75) is 27.7 Å². The molecule has 2 N–H and O–H groups in total. The van der Waals surface area contributed by atoms with E-state index in [0.717, 1.165) is 6.54 Å². The molecular formula is C12H26N2O2. The maximum atomic E-state index is 11.5. The molecular weight excluding hydrogens is 204 g/mol. The largest absolute Gasteiger partial charge is 0.383 e. The van der Waals surface area contributed by atoms with Crippen molar-refractivity contribution in [3.05, 3.63) is 0 Å². The van der Waals surface area contributed by atoms with Crippen LogP contribution in [0.3, 0.4) is 0 Å². The maximum absolute atomic E-state index is 11.5. The molecule has 16 heavy (non-hydrogen) atoms. The Bertz CT molecular complexity index is 203. The van der Waals surface area contributed by atoms with Gasteiger partial charge in [0.15, 0.2) is 0 Å². The fourth-order valence-corrected chi connectivity index (χ4v) is 0.969. The molecule has 4 heteroatoms. The Morgan fingerprint density at radius 2 is 2.00 bits per heavy atom. The predicted octanol–water partition coefficient (Wildman–Crippen LogP) is 1.02. The summed E-state index contributed by atoms with van der Waals surface area (Å²) < 4.78 is 4.88. The molecule has 0 unspecified atom stereocenters. The Kier molecular flexibility index (Phi) is 7.34. The molecule has 0 saturated carbocycles. The van der Waals surface area contributed by atoms with Gasteiger partial charge in [0.05, 0.1) is 13.2 Å². The van der Waals surface area contributed by atoms with Crippen LogP contribution >= 0.6 is 0 Å². The van der Waals surface area contributed by atoms with Gasteiger partial charge < -0.3 is 15.4 Å². The van der Waals surface area contributed by atoms with Crippen molar-refractivity contribution < 1.29 is 9.53 Å². The molecule has 4 nitrogen and oxygen atoms in total. The van der Waals surface area contributed by atoms with Crippen LogP contribution in [0.2, 0.25) is 0 Å². The molecule has 0 aromatic carbocycles. The van der Waals surface area contributed by atoms with Gasteiger partial charge in [-0.15, -0.1) is 0 Å². The first kappa shape index (κ1) is 15.4. The smallest absolute Gasteiger partial charge is 0.233 e. The topological polar surface area (TPSA) is 50.4 Å². The third kappa shape index (κ3) is 6.80. The zero-order chi connectivity index (χ0) is 12.6. The summed E-state index contributed by atoms with van der Waals surface area (Å²) >= 11 is 0. The molecule has 0 heterocycles. The number of hydrogen-bond donors (Lipinski definition) is 2. The molecule has 0 aromatic heterocycles. The van der Waals surface area contributed by atoms with Gasteiger partial charge in [-0.1, -0.05) is 27.7 Å². The first-order valence-electron chi connectivity index (χ1n) is 5.86. The van der Waals surface area contributed by atoms with Crippen molar-refractivity contribution >= 4 is 5.91 Å². The molecule has 1 amide bonds. The average Bonchev–Trinajstić information content (AvgIpc) is 2.21. The van der Waals surface area contributed by atoms with E-state index >= 15 is 0 Å². The summed E-state index contributed by atoms with van der Waals surface area (Å²) in [5.41, 5.74) is 0.141. The molecule has 0 fully saturated rings. The summed E-state index contributed by atoms with van der Waals surface area (Å²) in [4.78, 5) is 11.5. The van der Waals surface area contributed by atoms with E-state index in [1.165, 1.54) is 0 Å². The summed E-state index contributed by atoms with van der Waals surface area (Å²) in [6, 6.07) is 0. The van der Waals surface area contributed by atoms with Crippen molar-refractivity contribution in [3.8, 4) is 0 Å². The highest BCUT2D eigenvalue weighted by Crippen LogP contribution is 2.24. The predicted molar refractivity (Wildman–Crippen MR) is 66.4 cm³/mol. The number of methoxy groups -OCH3 is 1. The van der Waals surface area contributed by atoms with E-state index in [0.29, 0.717) is 25.6 Å². The molecule has 96 valence electrons. The summed E-state index contributed by atoms with van der Waals surface area (Å²) in [6.07, 6.45) is 0. The van der Waals surface area contributed by atoms with Gasteiger partial charge >= 0.3 is 0 Å². The summed E-state index contributed by atoms with van der Waals surface area (Å²) in [5, 5.41) is 5.95. The Hall–Kier alpha value is -0.610. The van der Waals surface area contributed by atoms with Crippen molar-refractivity contribution in [2.75, 3.05) is 33.4 Å². The Balaban J connectivity index is 3.65. The fraction of sp³-hybridized carbons (Fsp3) is 0.917. The molecule has 0 aliphatic rings.